The second-order valence-corrected chi connectivity index (χ2v) is 5.20. The Morgan fingerprint density at radius 3 is 2.59 bits per heavy atom. The number of nitrogens with one attached hydrogen (secondary N) is 1. The van der Waals surface area contributed by atoms with E-state index in [0.29, 0.717) is 4.47 Å². The second kappa shape index (κ2) is 5.31. The highest BCUT2D eigenvalue weighted by molar-refractivity contribution is 9.10. The number of hydrogen-bond acceptors (Lipinski definition) is 2. The van der Waals surface area contributed by atoms with E-state index in [0.717, 1.165) is 31.7 Å². The van der Waals surface area contributed by atoms with Crippen molar-refractivity contribution in [2.45, 2.75) is 37.8 Å². The lowest BCUT2D eigenvalue weighted by Crippen LogP contribution is -2.36. The summed E-state index contributed by atoms with van der Waals surface area (Å²) in [7, 11) is 0. The number of hydrogen-bond donors (Lipinski definition) is 2. The van der Waals surface area contributed by atoms with Gasteiger partial charge in [-0.3, -0.25) is 0 Å². The molecular weight excluding hydrogens is 292 g/mol. The zero-order valence-corrected chi connectivity index (χ0v) is 10.8. The number of halogens is 3. The summed E-state index contributed by atoms with van der Waals surface area (Å²) in [5.41, 5.74) is 0.220. The number of rotatable bonds is 2. The molecule has 0 bridgehead atoms. The van der Waals surface area contributed by atoms with Crippen molar-refractivity contribution in [2.24, 2.45) is 0 Å². The molecule has 2 rings (SSSR count). The third-order valence-electron chi connectivity index (χ3n) is 3.07. The fourth-order valence-electron chi connectivity index (χ4n) is 2.15. The summed E-state index contributed by atoms with van der Waals surface area (Å²) in [6.07, 6.45) is 3.05. The monoisotopic (exact) mass is 305 g/mol. The number of benzene rings is 1. The highest BCUT2D eigenvalue weighted by atomic mass is 79.9. The summed E-state index contributed by atoms with van der Waals surface area (Å²) in [5.74, 6) is -1.27. The molecule has 1 aromatic carbocycles. The molecule has 1 aliphatic carbocycles. The van der Waals surface area contributed by atoms with Crippen molar-refractivity contribution in [3.63, 3.8) is 0 Å². The first-order chi connectivity index (χ1) is 8.08. The minimum Gasteiger partial charge on any atom is -0.391 e. The summed E-state index contributed by atoms with van der Waals surface area (Å²) in [6.45, 7) is 0. The van der Waals surface area contributed by atoms with Gasteiger partial charge in [-0.05, 0) is 34.8 Å². The Bertz CT molecular complexity index is 390. The predicted molar refractivity (Wildman–Crippen MR) is 65.9 cm³/mol. The van der Waals surface area contributed by atoms with E-state index in [1.54, 1.807) is 0 Å². The number of aliphatic hydroxyl groups excluding tert-OH is 1. The summed E-state index contributed by atoms with van der Waals surface area (Å²) >= 11 is 3.12. The van der Waals surface area contributed by atoms with Gasteiger partial charge in [0, 0.05) is 10.5 Å². The van der Waals surface area contributed by atoms with Crippen molar-refractivity contribution in [3.05, 3.63) is 28.2 Å². The molecule has 2 N–H and O–H groups in total. The predicted octanol–water partition coefficient (Wildman–Crippen LogP) is 3.44. The van der Waals surface area contributed by atoms with Gasteiger partial charge in [-0.2, -0.15) is 0 Å². The van der Waals surface area contributed by atoms with Crippen LogP contribution in [0.5, 0.6) is 0 Å². The molecule has 2 nitrogen and oxygen atoms in total. The Morgan fingerprint density at radius 2 is 1.94 bits per heavy atom. The fraction of sp³-hybridized carbons (Fsp3) is 0.500. The molecule has 94 valence electrons. The van der Waals surface area contributed by atoms with E-state index in [1.165, 1.54) is 6.07 Å². The van der Waals surface area contributed by atoms with Gasteiger partial charge >= 0.3 is 0 Å². The van der Waals surface area contributed by atoms with Gasteiger partial charge in [0.15, 0.2) is 0 Å². The first kappa shape index (κ1) is 12.8. The van der Waals surface area contributed by atoms with Gasteiger partial charge in [0.25, 0.3) is 0 Å². The molecule has 2 unspecified atom stereocenters. The highest BCUT2D eigenvalue weighted by Gasteiger charge is 2.24. The fourth-order valence-corrected chi connectivity index (χ4v) is 2.67. The van der Waals surface area contributed by atoms with Crippen LogP contribution in [0.2, 0.25) is 0 Å². The van der Waals surface area contributed by atoms with Crippen LogP contribution in [0.15, 0.2) is 16.6 Å². The van der Waals surface area contributed by atoms with Crippen LogP contribution in [0.3, 0.4) is 0 Å². The molecule has 0 aliphatic heterocycles. The van der Waals surface area contributed by atoms with Gasteiger partial charge in [0.2, 0.25) is 0 Å². The molecular formula is C12H14BrF2NO. The Hall–Kier alpha value is -0.680. The SMILES string of the molecule is OC1CCCCC1Nc1c(F)cc(F)cc1Br. The Labute approximate surface area is 107 Å². The smallest absolute Gasteiger partial charge is 0.150 e. The van der Waals surface area contributed by atoms with Crippen molar-refractivity contribution in [2.75, 3.05) is 5.32 Å². The summed E-state index contributed by atoms with van der Waals surface area (Å²) in [6, 6.07) is 1.88. The Kier molecular flexibility index (Phi) is 3.99. The van der Waals surface area contributed by atoms with E-state index < -0.39 is 17.7 Å². The second-order valence-electron chi connectivity index (χ2n) is 4.35. The molecule has 0 heterocycles. The molecule has 5 heteroatoms. The van der Waals surface area contributed by atoms with Crippen LogP contribution < -0.4 is 5.32 Å². The molecule has 1 fully saturated rings. The minimum absolute atomic E-state index is 0.167. The van der Waals surface area contributed by atoms with Crippen LogP contribution >= 0.6 is 15.9 Å². The molecule has 0 aromatic heterocycles. The maximum atomic E-state index is 13.6. The van der Waals surface area contributed by atoms with Gasteiger partial charge in [-0.15, -0.1) is 0 Å². The van der Waals surface area contributed by atoms with E-state index in [4.69, 9.17) is 0 Å². The first-order valence-electron chi connectivity index (χ1n) is 5.67. The first-order valence-corrected chi connectivity index (χ1v) is 6.46. The average Bonchev–Trinajstić information content (AvgIpc) is 2.25. The molecule has 1 saturated carbocycles. The van der Waals surface area contributed by atoms with E-state index >= 15 is 0 Å². The van der Waals surface area contributed by atoms with Gasteiger partial charge in [0.1, 0.15) is 11.6 Å². The van der Waals surface area contributed by atoms with Gasteiger partial charge in [-0.25, -0.2) is 8.78 Å². The molecule has 2 atom stereocenters. The normalized spacial score (nSPS) is 24.7. The van der Waals surface area contributed by atoms with Crippen molar-refractivity contribution in [1.82, 2.24) is 0 Å². The average molecular weight is 306 g/mol. The lowest BCUT2D eigenvalue weighted by molar-refractivity contribution is 0.116. The summed E-state index contributed by atoms with van der Waals surface area (Å²) in [5, 5.41) is 12.7. The van der Waals surface area contributed by atoms with E-state index in [2.05, 4.69) is 21.2 Å². The maximum absolute atomic E-state index is 13.6. The van der Waals surface area contributed by atoms with E-state index in [-0.39, 0.29) is 11.7 Å². The van der Waals surface area contributed by atoms with Crippen LogP contribution in [0.1, 0.15) is 25.7 Å². The third-order valence-corrected chi connectivity index (χ3v) is 3.69. The number of aliphatic hydroxyl groups is 1. The zero-order chi connectivity index (χ0) is 12.4. The minimum atomic E-state index is -0.644. The van der Waals surface area contributed by atoms with Crippen LogP contribution in [0.25, 0.3) is 0 Å². The Morgan fingerprint density at radius 1 is 1.24 bits per heavy atom. The van der Waals surface area contributed by atoms with Crippen LogP contribution in [-0.4, -0.2) is 17.3 Å². The molecule has 1 aliphatic rings. The van der Waals surface area contributed by atoms with E-state index in [9.17, 15) is 13.9 Å². The standard InChI is InChI=1S/C12H14BrF2NO/c13-8-5-7(14)6-9(15)12(8)16-10-3-1-2-4-11(10)17/h5-6,10-11,16-17H,1-4H2. The van der Waals surface area contributed by atoms with Gasteiger partial charge in [-0.1, -0.05) is 12.8 Å². The molecule has 0 amide bonds. The number of anilines is 1. The van der Waals surface area contributed by atoms with Crippen molar-refractivity contribution < 1.29 is 13.9 Å². The van der Waals surface area contributed by atoms with Crippen molar-refractivity contribution in [1.29, 1.82) is 0 Å². The van der Waals surface area contributed by atoms with Crippen LogP contribution in [-0.2, 0) is 0 Å². The molecule has 0 saturated heterocycles. The maximum Gasteiger partial charge on any atom is 0.150 e. The van der Waals surface area contributed by atoms with Crippen molar-refractivity contribution in [3.8, 4) is 0 Å². The van der Waals surface area contributed by atoms with E-state index in [1.807, 2.05) is 0 Å². The summed E-state index contributed by atoms with van der Waals surface area (Å²) < 4.78 is 26.8. The summed E-state index contributed by atoms with van der Waals surface area (Å²) in [4.78, 5) is 0. The topological polar surface area (TPSA) is 32.3 Å². The molecule has 0 spiro atoms. The van der Waals surface area contributed by atoms with Gasteiger partial charge in [0.05, 0.1) is 17.8 Å². The van der Waals surface area contributed by atoms with Crippen LogP contribution in [0.4, 0.5) is 14.5 Å². The quantitative estimate of drug-likeness (QED) is 0.877. The Balaban J connectivity index is 2.17. The lowest BCUT2D eigenvalue weighted by Gasteiger charge is -2.29. The van der Waals surface area contributed by atoms with Gasteiger partial charge < -0.3 is 10.4 Å². The largest absolute Gasteiger partial charge is 0.391 e. The van der Waals surface area contributed by atoms with Crippen molar-refractivity contribution >= 4 is 21.6 Å². The highest BCUT2D eigenvalue weighted by Crippen LogP contribution is 2.30. The molecule has 17 heavy (non-hydrogen) atoms. The zero-order valence-electron chi connectivity index (χ0n) is 9.22. The van der Waals surface area contributed by atoms with Crippen LogP contribution in [0, 0.1) is 11.6 Å². The molecule has 0 radical (unpaired) electrons. The third kappa shape index (κ3) is 2.96. The molecule has 1 aromatic rings. The lowest BCUT2D eigenvalue weighted by atomic mass is 9.92.